The molecule has 1 aliphatic carbocycles. The van der Waals surface area contributed by atoms with Gasteiger partial charge in [-0.2, -0.15) is 5.10 Å². The fourth-order valence-corrected chi connectivity index (χ4v) is 2.99. The molecule has 130 valence electrons. The third-order valence-electron chi connectivity index (χ3n) is 4.51. The minimum absolute atomic E-state index is 0.299. The molecule has 2 amide bonds. The second kappa shape index (κ2) is 5.91. The lowest BCUT2D eigenvalue weighted by molar-refractivity contribution is 0.262. The van der Waals surface area contributed by atoms with Crippen molar-refractivity contribution >= 4 is 28.5 Å². The molecule has 0 unspecified atom stereocenters. The Labute approximate surface area is 145 Å². The van der Waals surface area contributed by atoms with E-state index >= 15 is 0 Å². The molecule has 7 nitrogen and oxygen atoms in total. The van der Waals surface area contributed by atoms with Crippen molar-refractivity contribution in [1.29, 1.82) is 0 Å². The van der Waals surface area contributed by atoms with Gasteiger partial charge in [0.2, 0.25) is 0 Å². The van der Waals surface area contributed by atoms with Gasteiger partial charge in [-0.25, -0.2) is 9.78 Å². The number of fused-ring (bicyclic) bond motifs is 1. The van der Waals surface area contributed by atoms with E-state index in [4.69, 9.17) is 4.42 Å². The summed E-state index contributed by atoms with van der Waals surface area (Å²) in [6.07, 6.45) is 2.29. The van der Waals surface area contributed by atoms with Crippen molar-refractivity contribution in [3.05, 3.63) is 35.5 Å². The molecule has 1 aliphatic rings. The first-order chi connectivity index (χ1) is 12.0. The zero-order valence-electron chi connectivity index (χ0n) is 14.6. The van der Waals surface area contributed by atoms with Crippen LogP contribution in [0.1, 0.15) is 43.0 Å². The third-order valence-corrected chi connectivity index (χ3v) is 4.51. The van der Waals surface area contributed by atoms with Crippen LogP contribution < -0.4 is 10.6 Å². The number of carbonyl (C=O) groups is 1. The highest BCUT2D eigenvalue weighted by atomic mass is 16.3. The van der Waals surface area contributed by atoms with Gasteiger partial charge < -0.3 is 15.1 Å². The molecule has 2 aromatic heterocycles. The Bertz CT molecular complexity index is 952. The topological polar surface area (TPSA) is 85.0 Å². The van der Waals surface area contributed by atoms with Crippen molar-refractivity contribution in [3.63, 3.8) is 0 Å². The van der Waals surface area contributed by atoms with E-state index < -0.39 is 0 Å². The summed E-state index contributed by atoms with van der Waals surface area (Å²) in [5, 5.41) is 10.1. The Kier molecular flexibility index (Phi) is 3.71. The molecular formula is C18H21N5O2. The summed E-state index contributed by atoms with van der Waals surface area (Å²) in [7, 11) is 0. The first-order valence-corrected chi connectivity index (χ1v) is 8.57. The first-order valence-electron chi connectivity index (χ1n) is 8.57. The van der Waals surface area contributed by atoms with Gasteiger partial charge in [-0.1, -0.05) is 0 Å². The molecule has 0 aliphatic heterocycles. The van der Waals surface area contributed by atoms with Crippen LogP contribution in [0.3, 0.4) is 0 Å². The van der Waals surface area contributed by atoms with Gasteiger partial charge in [0.15, 0.2) is 11.5 Å². The van der Waals surface area contributed by atoms with Gasteiger partial charge in [-0.15, -0.1) is 0 Å². The highest BCUT2D eigenvalue weighted by molar-refractivity contribution is 6.01. The Morgan fingerprint density at radius 3 is 2.80 bits per heavy atom. The van der Waals surface area contributed by atoms with E-state index in [9.17, 15) is 4.79 Å². The minimum Gasteiger partial charge on any atom is -0.440 e. The zero-order chi connectivity index (χ0) is 17.6. The number of hydrogen-bond acceptors (Lipinski definition) is 4. The fourth-order valence-electron chi connectivity index (χ4n) is 2.99. The molecule has 25 heavy (non-hydrogen) atoms. The van der Waals surface area contributed by atoms with E-state index in [0.29, 0.717) is 11.6 Å². The maximum absolute atomic E-state index is 12.3. The molecule has 2 N–H and O–H groups in total. The Morgan fingerprint density at radius 1 is 1.32 bits per heavy atom. The summed E-state index contributed by atoms with van der Waals surface area (Å²) in [6.45, 7) is 6.62. The molecule has 4 rings (SSSR count). The number of aromatic nitrogens is 3. The molecule has 0 radical (unpaired) electrons. The minimum atomic E-state index is -0.299. The van der Waals surface area contributed by atoms with Crippen LogP contribution in [0.5, 0.6) is 0 Å². The maximum atomic E-state index is 12.3. The number of nitrogens with zero attached hydrogens (tertiary/aromatic N) is 3. The predicted molar refractivity (Wildman–Crippen MR) is 96.0 cm³/mol. The normalized spacial score (nSPS) is 14.0. The summed E-state index contributed by atoms with van der Waals surface area (Å²) in [6, 6.07) is 5.19. The van der Waals surface area contributed by atoms with Crippen molar-refractivity contribution in [2.24, 2.45) is 0 Å². The van der Waals surface area contributed by atoms with Crippen LogP contribution in [-0.4, -0.2) is 20.8 Å². The van der Waals surface area contributed by atoms with Gasteiger partial charge in [-0.05, 0) is 51.8 Å². The molecule has 0 saturated heterocycles. The quantitative estimate of drug-likeness (QED) is 0.746. The number of aryl methyl sites for hydroxylation is 2. The van der Waals surface area contributed by atoms with Gasteiger partial charge in [0, 0.05) is 18.2 Å². The molecule has 0 bridgehead atoms. The molecule has 3 aromatic rings. The van der Waals surface area contributed by atoms with Gasteiger partial charge in [0.05, 0.1) is 17.1 Å². The van der Waals surface area contributed by atoms with E-state index in [1.54, 1.807) is 0 Å². The predicted octanol–water partition coefficient (Wildman–Crippen LogP) is 4.18. The van der Waals surface area contributed by atoms with Crippen molar-refractivity contribution in [2.75, 3.05) is 10.6 Å². The summed E-state index contributed by atoms with van der Waals surface area (Å²) in [4.78, 5) is 16.9. The fraction of sp³-hybridized carbons (Fsp3) is 0.389. The van der Waals surface area contributed by atoms with Crippen LogP contribution in [0.4, 0.5) is 16.2 Å². The summed E-state index contributed by atoms with van der Waals surface area (Å²) < 4.78 is 7.61. The van der Waals surface area contributed by atoms with E-state index in [-0.39, 0.29) is 6.03 Å². The van der Waals surface area contributed by atoms with Crippen LogP contribution in [0, 0.1) is 13.8 Å². The Balaban J connectivity index is 1.50. The lowest BCUT2D eigenvalue weighted by Crippen LogP contribution is -2.20. The number of benzene rings is 1. The lowest BCUT2D eigenvalue weighted by Gasteiger charge is -2.08. The van der Waals surface area contributed by atoms with E-state index in [0.717, 1.165) is 53.5 Å². The number of amides is 2. The number of urea groups is 1. The van der Waals surface area contributed by atoms with Gasteiger partial charge in [-0.3, -0.25) is 4.68 Å². The van der Waals surface area contributed by atoms with Gasteiger partial charge >= 0.3 is 6.03 Å². The number of rotatable bonds is 4. The molecule has 0 atom stereocenters. The monoisotopic (exact) mass is 339 g/mol. The smallest absolute Gasteiger partial charge is 0.323 e. The number of oxazole rings is 1. The molecule has 1 aromatic carbocycles. The molecule has 2 heterocycles. The van der Waals surface area contributed by atoms with Crippen LogP contribution in [0.15, 0.2) is 22.6 Å². The summed E-state index contributed by atoms with van der Waals surface area (Å²) >= 11 is 0. The Hall–Kier alpha value is -2.83. The van der Waals surface area contributed by atoms with E-state index in [1.165, 1.54) is 0 Å². The molecule has 7 heteroatoms. The molecule has 1 fully saturated rings. The third kappa shape index (κ3) is 2.97. The molecular weight excluding hydrogens is 318 g/mol. The summed E-state index contributed by atoms with van der Waals surface area (Å²) in [5.74, 6) is 1.27. The average Bonchev–Trinajstić information content (AvgIpc) is 3.30. The highest BCUT2D eigenvalue weighted by Gasteiger charge is 2.28. The number of nitrogens with one attached hydrogen (secondary N) is 2. The standard InChI is InChI=1S/C18H21N5O2/c1-4-23-11(3)16(10(2)22-23)21-18(24)19-13-7-8-15-14(9-13)20-17(25-15)12-5-6-12/h7-9,12H,4-6H2,1-3H3,(H2,19,21,24). The maximum Gasteiger partial charge on any atom is 0.323 e. The van der Waals surface area contributed by atoms with Crippen molar-refractivity contribution in [3.8, 4) is 0 Å². The SMILES string of the molecule is CCn1nc(C)c(NC(=O)Nc2ccc3oc(C4CC4)nc3c2)c1C. The Morgan fingerprint density at radius 2 is 2.12 bits per heavy atom. The van der Waals surface area contributed by atoms with E-state index in [1.807, 2.05) is 43.7 Å². The van der Waals surface area contributed by atoms with E-state index in [2.05, 4.69) is 20.7 Å². The van der Waals surface area contributed by atoms with Crippen molar-refractivity contribution < 1.29 is 9.21 Å². The second-order valence-corrected chi connectivity index (χ2v) is 6.45. The molecule has 1 saturated carbocycles. The van der Waals surface area contributed by atoms with Crippen molar-refractivity contribution in [2.45, 2.75) is 46.1 Å². The molecule has 0 spiro atoms. The number of carbonyl (C=O) groups excluding carboxylic acids is 1. The van der Waals surface area contributed by atoms with Crippen LogP contribution in [0.25, 0.3) is 11.1 Å². The van der Waals surface area contributed by atoms with Crippen LogP contribution in [0.2, 0.25) is 0 Å². The van der Waals surface area contributed by atoms with Gasteiger partial charge in [0.25, 0.3) is 0 Å². The highest BCUT2D eigenvalue weighted by Crippen LogP contribution is 2.40. The summed E-state index contributed by atoms with van der Waals surface area (Å²) in [5.41, 5.74) is 4.69. The number of anilines is 2. The largest absolute Gasteiger partial charge is 0.440 e. The van der Waals surface area contributed by atoms with Crippen LogP contribution in [-0.2, 0) is 6.54 Å². The first kappa shape index (κ1) is 15.7. The van der Waals surface area contributed by atoms with Crippen molar-refractivity contribution in [1.82, 2.24) is 14.8 Å². The second-order valence-electron chi connectivity index (χ2n) is 6.45. The lowest BCUT2D eigenvalue weighted by atomic mass is 10.3. The zero-order valence-corrected chi connectivity index (χ0v) is 14.6. The average molecular weight is 339 g/mol. The van der Waals surface area contributed by atoms with Crippen LogP contribution >= 0.6 is 0 Å². The van der Waals surface area contributed by atoms with Gasteiger partial charge in [0.1, 0.15) is 5.52 Å². The number of hydrogen-bond donors (Lipinski definition) is 2.